The molecule has 0 unspecified atom stereocenters. The second-order valence-corrected chi connectivity index (χ2v) is 21.3. The molecule has 0 aromatic heterocycles. The number of alkyl halides is 17. The first-order valence-electron chi connectivity index (χ1n) is 10.2. The Hall–Kier alpha value is -0.659. The summed E-state index contributed by atoms with van der Waals surface area (Å²) in [6.45, 7) is 6.97. The third-order valence-electron chi connectivity index (χ3n) is 4.85. The van der Waals surface area contributed by atoms with E-state index < -0.39 is 85.5 Å². The average Bonchev–Trinajstić information content (AvgIpc) is 2.61. The first-order chi connectivity index (χ1) is 16.4. The molecular weight excluding hydrogens is 647 g/mol. The van der Waals surface area contributed by atoms with Crippen molar-refractivity contribution in [3.05, 3.63) is 0 Å². The van der Waals surface area contributed by atoms with Crippen LogP contribution in [0.2, 0.25) is 45.3 Å². The minimum absolute atomic E-state index is 1.01. The summed E-state index contributed by atoms with van der Waals surface area (Å²) in [6, 6.07) is -1.33. The summed E-state index contributed by atoms with van der Waals surface area (Å²) in [6.07, 6.45) is -10.3. The van der Waals surface area contributed by atoms with E-state index in [1.165, 1.54) is 26.2 Å². The second kappa shape index (κ2) is 10.3. The lowest BCUT2D eigenvalue weighted by Gasteiger charge is -2.43. The molecule has 0 bridgehead atoms. The molecule has 0 aliphatic heterocycles. The van der Waals surface area contributed by atoms with Crippen LogP contribution in [-0.4, -0.2) is 77.9 Å². The quantitative estimate of drug-likeness (QED) is 0.159. The molecule has 0 atom stereocenters. The maximum absolute atomic E-state index is 14.2. The van der Waals surface area contributed by atoms with Crippen molar-refractivity contribution < 1.29 is 87.7 Å². The molecule has 0 aliphatic rings. The Balaban J connectivity index is 6.35. The molecule has 0 rings (SSSR count). The number of hydrogen-bond donors (Lipinski definition) is 1. The van der Waals surface area contributed by atoms with Crippen molar-refractivity contribution in [3.8, 4) is 0 Å². The fourth-order valence-electron chi connectivity index (χ4n) is 3.15. The van der Waals surface area contributed by atoms with Crippen molar-refractivity contribution >= 4 is 25.4 Å². The van der Waals surface area contributed by atoms with Gasteiger partial charge < -0.3 is 13.0 Å². The van der Waals surface area contributed by atoms with Crippen molar-refractivity contribution in [3.63, 3.8) is 0 Å². The minimum Gasteiger partial charge on any atom is -0.436 e. The van der Waals surface area contributed by atoms with Gasteiger partial charge in [0.15, 0.2) is 8.32 Å². The lowest BCUT2D eigenvalue weighted by Crippen LogP contribution is -2.74. The van der Waals surface area contributed by atoms with Crippen molar-refractivity contribution in [2.24, 2.45) is 0 Å². The van der Waals surface area contributed by atoms with Crippen LogP contribution in [0.5, 0.6) is 0 Å². The van der Waals surface area contributed by atoms with E-state index in [2.05, 4.69) is 0 Å². The van der Waals surface area contributed by atoms with E-state index in [0.717, 1.165) is 13.1 Å². The van der Waals surface area contributed by atoms with Crippen LogP contribution in [0.3, 0.4) is 0 Å². The van der Waals surface area contributed by atoms with Crippen LogP contribution in [0.25, 0.3) is 0 Å². The van der Waals surface area contributed by atoms with Gasteiger partial charge in [0, 0.05) is 6.42 Å². The fraction of sp³-hybridized carbons (Fsp3) is 1.00. The summed E-state index contributed by atoms with van der Waals surface area (Å²) in [5.41, 5.74) is 0. The van der Waals surface area contributed by atoms with Crippen LogP contribution >= 0.6 is 0 Å². The lowest BCUT2D eigenvalue weighted by molar-refractivity contribution is -0.461. The molecule has 23 heteroatoms. The van der Waals surface area contributed by atoms with Crippen LogP contribution in [0, 0.1) is 0 Å². The summed E-state index contributed by atoms with van der Waals surface area (Å²) in [4.78, 5) is 9.79. The Kier molecular flexibility index (Phi) is 10.1. The highest BCUT2D eigenvalue weighted by Crippen LogP contribution is 2.64. The largest absolute Gasteiger partial charge is 0.460 e. The smallest absolute Gasteiger partial charge is 0.436 e. The van der Waals surface area contributed by atoms with Crippen molar-refractivity contribution in [1.82, 2.24) is 0 Å². The van der Waals surface area contributed by atoms with Crippen molar-refractivity contribution in [1.29, 1.82) is 0 Å². The predicted octanol–water partition coefficient (Wildman–Crippen LogP) is 8.02. The summed E-state index contributed by atoms with van der Waals surface area (Å²) >= 11 is 0. The summed E-state index contributed by atoms with van der Waals surface area (Å²) in [5, 5.41) is 0. The number of hydrogen-bond acceptors (Lipinski definition) is 3. The van der Waals surface area contributed by atoms with E-state index in [4.69, 9.17) is 8.23 Å². The highest BCUT2D eigenvalue weighted by molar-refractivity contribution is 6.86. The van der Waals surface area contributed by atoms with Crippen molar-refractivity contribution in [2.75, 3.05) is 0 Å². The van der Waals surface area contributed by atoms with Gasteiger partial charge in [0.05, 0.1) is 0 Å². The molecule has 236 valence electrons. The van der Waals surface area contributed by atoms with Crippen LogP contribution < -0.4 is 0 Å². The van der Waals surface area contributed by atoms with E-state index in [-0.39, 0.29) is 0 Å². The van der Waals surface area contributed by atoms with Gasteiger partial charge in [0.25, 0.3) is 0 Å². The fourth-order valence-corrected chi connectivity index (χ4v) is 15.2. The third-order valence-corrected chi connectivity index (χ3v) is 14.4. The van der Waals surface area contributed by atoms with Crippen LogP contribution in [0.1, 0.15) is 6.42 Å². The zero-order chi connectivity index (χ0) is 32.3. The Bertz CT molecular complexity index is 866. The molecule has 0 amide bonds. The van der Waals surface area contributed by atoms with Gasteiger partial charge in [-0.2, -0.15) is 74.6 Å². The second-order valence-electron chi connectivity index (χ2n) is 9.96. The van der Waals surface area contributed by atoms with Crippen LogP contribution in [-0.2, 0) is 8.23 Å². The van der Waals surface area contributed by atoms with E-state index in [1.807, 2.05) is 0 Å². The van der Waals surface area contributed by atoms with E-state index >= 15 is 0 Å². The maximum Gasteiger partial charge on any atom is 0.460 e. The van der Waals surface area contributed by atoms with Crippen LogP contribution in [0.4, 0.5) is 74.6 Å². The van der Waals surface area contributed by atoms with Gasteiger partial charge in [-0.1, -0.05) is 0 Å². The van der Waals surface area contributed by atoms with Crippen LogP contribution in [0.15, 0.2) is 0 Å². The first-order valence-corrected chi connectivity index (χ1v) is 19.0. The number of rotatable bonds is 13. The Morgan fingerprint density at radius 2 is 0.795 bits per heavy atom. The van der Waals surface area contributed by atoms with Gasteiger partial charge >= 0.3 is 64.8 Å². The predicted molar refractivity (Wildman–Crippen MR) is 107 cm³/mol. The summed E-state index contributed by atoms with van der Waals surface area (Å²) < 4.78 is 238. The molecule has 0 saturated heterocycles. The first kappa shape index (κ1) is 38.3. The highest BCUT2D eigenvalue weighted by Gasteiger charge is 2.95. The van der Waals surface area contributed by atoms with Gasteiger partial charge in [-0.15, -0.1) is 0 Å². The average molecular weight is 671 g/mol. The zero-order valence-corrected chi connectivity index (χ0v) is 23.6. The SMILES string of the molecule is C[Si](C)(O)O[Si](C)(C)O[Si](C)(C)CCC(F)(F)C(F)(F)C(F)(F)C(F)(F)C(F)(F)C(F)(F)C(F)(F)C(F)(F)F. The third kappa shape index (κ3) is 7.05. The van der Waals surface area contributed by atoms with Gasteiger partial charge in [-0.05, 0) is 45.3 Å². The van der Waals surface area contributed by atoms with Gasteiger partial charge in [0.2, 0.25) is 0 Å². The molecule has 1 N–H and O–H groups in total. The highest BCUT2D eigenvalue weighted by atomic mass is 28.5. The van der Waals surface area contributed by atoms with Gasteiger partial charge in [-0.25, -0.2) is 0 Å². The van der Waals surface area contributed by atoms with Gasteiger partial charge in [-0.3, -0.25) is 0 Å². The molecular formula is C16H23F17O3Si3. The topological polar surface area (TPSA) is 38.7 Å². The van der Waals surface area contributed by atoms with E-state index in [9.17, 15) is 79.4 Å². The molecule has 0 aliphatic carbocycles. The van der Waals surface area contributed by atoms with E-state index in [1.54, 1.807) is 0 Å². The summed E-state index contributed by atoms with van der Waals surface area (Å²) in [7, 11) is -10.5. The molecule has 0 saturated carbocycles. The Morgan fingerprint density at radius 1 is 0.487 bits per heavy atom. The Morgan fingerprint density at radius 3 is 1.10 bits per heavy atom. The molecule has 0 fully saturated rings. The Labute approximate surface area is 213 Å². The zero-order valence-electron chi connectivity index (χ0n) is 20.6. The molecule has 0 aromatic rings. The lowest BCUT2D eigenvalue weighted by atomic mass is 9.88. The molecule has 0 heterocycles. The molecule has 3 nitrogen and oxygen atoms in total. The van der Waals surface area contributed by atoms with E-state index in [0.29, 0.717) is 0 Å². The van der Waals surface area contributed by atoms with Crippen molar-refractivity contribution in [2.45, 2.75) is 99.4 Å². The molecule has 0 radical (unpaired) electrons. The molecule has 0 aromatic carbocycles. The molecule has 0 spiro atoms. The minimum atomic E-state index is -8.65. The van der Waals surface area contributed by atoms with Gasteiger partial charge in [0.1, 0.15) is 0 Å². The summed E-state index contributed by atoms with van der Waals surface area (Å²) in [5.74, 6) is -56.4. The monoisotopic (exact) mass is 670 g/mol. The maximum atomic E-state index is 14.2. The number of halogens is 17. The molecule has 39 heavy (non-hydrogen) atoms. The standard InChI is InChI=1S/C16H23F17O3Si3/c1-37(2,35-39(5,6)36-38(3,4)34)8-7-9(17,18)10(19,20)11(21,22)12(23,24)13(25,26)14(27,28)15(29,30)16(31,32)33/h34H,7-8H2,1-6H3. The normalized spacial score (nSPS) is 16.6.